The van der Waals surface area contributed by atoms with Crippen LogP contribution in [0.15, 0.2) is 23.2 Å². The second-order valence-electron chi connectivity index (χ2n) is 4.06. The van der Waals surface area contributed by atoms with Gasteiger partial charge in [-0.25, -0.2) is 9.38 Å². The molecule has 1 fully saturated rings. The minimum Gasteiger partial charge on any atom is -0.505 e. The molecule has 0 atom stereocenters. The summed E-state index contributed by atoms with van der Waals surface area (Å²) in [4.78, 5) is 6.14. The topological polar surface area (TPSA) is 71.1 Å². The fraction of sp³-hybridized carbons (Fsp3) is 0.417. The van der Waals surface area contributed by atoms with Crippen molar-refractivity contribution in [2.75, 3.05) is 26.3 Å². The minimum atomic E-state index is -0.646. The van der Waals surface area contributed by atoms with Crippen LogP contribution in [0.5, 0.6) is 5.75 Å². The third kappa shape index (κ3) is 4.50. The summed E-state index contributed by atoms with van der Waals surface area (Å²) in [5.41, 5.74) is 6.51. The summed E-state index contributed by atoms with van der Waals surface area (Å²) < 4.78 is 18.3. The quantitative estimate of drug-likeness (QED) is 0.460. The van der Waals surface area contributed by atoms with Crippen LogP contribution in [0.4, 0.5) is 4.39 Å². The van der Waals surface area contributed by atoms with Crippen LogP contribution in [0.25, 0.3) is 0 Å². The minimum absolute atomic E-state index is 0. The maximum atomic E-state index is 13.1. The van der Waals surface area contributed by atoms with Crippen molar-refractivity contribution in [3.63, 3.8) is 0 Å². The number of phenolic OH excluding ortho intramolecular Hbond substituents is 1. The number of nitrogens with zero attached hydrogens (tertiary/aromatic N) is 2. The Labute approximate surface area is 128 Å². The van der Waals surface area contributed by atoms with Gasteiger partial charge < -0.3 is 20.5 Å². The van der Waals surface area contributed by atoms with Crippen LogP contribution in [-0.4, -0.2) is 42.3 Å². The van der Waals surface area contributed by atoms with Gasteiger partial charge >= 0.3 is 0 Å². The molecule has 7 heteroatoms. The van der Waals surface area contributed by atoms with Crippen molar-refractivity contribution in [1.82, 2.24) is 4.90 Å². The zero-order chi connectivity index (χ0) is 13.0. The summed E-state index contributed by atoms with van der Waals surface area (Å²) in [7, 11) is 0. The van der Waals surface area contributed by atoms with Gasteiger partial charge in [-0.1, -0.05) is 6.07 Å². The molecule has 2 rings (SSSR count). The zero-order valence-corrected chi connectivity index (χ0v) is 12.7. The van der Waals surface area contributed by atoms with Crippen molar-refractivity contribution >= 4 is 29.9 Å². The molecular formula is C12H17FIN3O2. The third-order valence-corrected chi connectivity index (χ3v) is 2.77. The van der Waals surface area contributed by atoms with Crippen molar-refractivity contribution in [3.8, 4) is 5.75 Å². The second-order valence-corrected chi connectivity index (χ2v) is 4.06. The SMILES string of the molecule is I.NC(=NCc1ccc(O)c(F)c1)N1CCOCC1. The molecule has 3 N–H and O–H groups in total. The smallest absolute Gasteiger partial charge is 0.191 e. The molecule has 0 aromatic heterocycles. The predicted octanol–water partition coefficient (Wildman–Crippen LogP) is 1.30. The Hall–Kier alpha value is -1.09. The average molecular weight is 381 g/mol. The van der Waals surface area contributed by atoms with Crippen LogP contribution in [-0.2, 0) is 11.3 Å². The number of halogens is 2. The molecule has 1 aliphatic heterocycles. The van der Waals surface area contributed by atoms with Crippen LogP contribution in [0.2, 0.25) is 0 Å². The molecule has 1 aromatic rings. The first-order valence-corrected chi connectivity index (χ1v) is 5.77. The van der Waals surface area contributed by atoms with E-state index in [1.165, 1.54) is 12.1 Å². The van der Waals surface area contributed by atoms with Crippen molar-refractivity contribution in [2.45, 2.75) is 6.54 Å². The lowest BCUT2D eigenvalue weighted by Gasteiger charge is -2.27. The van der Waals surface area contributed by atoms with Gasteiger partial charge in [0.2, 0.25) is 0 Å². The van der Waals surface area contributed by atoms with Gasteiger partial charge in [0.25, 0.3) is 0 Å². The highest BCUT2D eigenvalue weighted by Crippen LogP contribution is 2.16. The zero-order valence-electron chi connectivity index (χ0n) is 10.4. The summed E-state index contributed by atoms with van der Waals surface area (Å²) in [6.07, 6.45) is 0. The highest BCUT2D eigenvalue weighted by atomic mass is 127. The van der Waals surface area contributed by atoms with Crippen LogP contribution in [0.3, 0.4) is 0 Å². The van der Waals surface area contributed by atoms with Gasteiger partial charge in [-0.15, -0.1) is 24.0 Å². The van der Waals surface area contributed by atoms with E-state index in [0.29, 0.717) is 31.3 Å². The predicted molar refractivity (Wildman–Crippen MR) is 81.2 cm³/mol. The van der Waals surface area contributed by atoms with Gasteiger partial charge in [0, 0.05) is 13.1 Å². The number of hydrogen-bond acceptors (Lipinski definition) is 3. The van der Waals surface area contributed by atoms with E-state index in [0.717, 1.165) is 13.1 Å². The molecule has 0 aliphatic carbocycles. The van der Waals surface area contributed by atoms with Crippen molar-refractivity contribution in [2.24, 2.45) is 10.7 Å². The number of hydrogen-bond donors (Lipinski definition) is 2. The van der Waals surface area contributed by atoms with Crippen LogP contribution >= 0.6 is 24.0 Å². The molecule has 0 spiro atoms. The normalized spacial score (nSPS) is 16.1. The van der Waals surface area contributed by atoms with E-state index in [-0.39, 0.29) is 29.7 Å². The van der Waals surface area contributed by atoms with Crippen LogP contribution < -0.4 is 5.73 Å². The molecule has 1 saturated heterocycles. The van der Waals surface area contributed by atoms with E-state index in [4.69, 9.17) is 15.6 Å². The fourth-order valence-electron chi connectivity index (χ4n) is 1.71. The number of aromatic hydroxyl groups is 1. The number of aliphatic imine (C=N–C) groups is 1. The largest absolute Gasteiger partial charge is 0.505 e. The van der Waals surface area contributed by atoms with Crippen molar-refractivity contribution < 1.29 is 14.2 Å². The lowest BCUT2D eigenvalue weighted by atomic mass is 10.2. The van der Waals surface area contributed by atoms with E-state index in [1.54, 1.807) is 6.07 Å². The molecule has 5 nitrogen and oxygen atoms in total. The number of rotatable bonds is 2. The van der Waals surface area contributed by atoms with Gasteiger partial charge in [0.05, 0.1) is 19.8 Å². The Morgan fingerprint density at radius 2 is 2.11 bits per heavy atom. The maximum Gasteiger partial charge on any atom is 0.191 e. The number of nitrogens with two attached hydrogens (primary N) is 1. The standard InChI is InChI=1S/C12H16FN3O2.HI/c13-10-7-9(1-2-11(10)17)8-15-12(14)16-3-5-18-6-4-16;/h1-2,7,17H,3-6,8H2,(H2,14,15);1H. The number of guanidine groups is 1. The summed E-state index contributed by atoms with van der Waals surface area (Å²) in [5.74, 6) is -0.566. The Bertz CT molecular complexity index is 451. The first kappa shape index (κ1) is 16.0. The summed E-state index contributed by atoms with van der Waals surface area (Å²) >= 11 is 0. The molecule has 1 aliphatic rings. The first-order valence-electron chi connectivity index (χ1n) is 5.77. The number of morpholine rings is 1. The lowest BCUT2D eigenvalue weighted by molar-refractivity contribution is 0.0674. The van der Waals surface area contributed by atoms with E-state index in [2.05, 4.69) is 4.99 Å². The molecule has 1 aromatic carbocycles. The third-order valence-electron chi connectivity index (χ3n) is 2.77. The Morgan fingerprint density at radius 1 is 1.42 bits per heavy atom. The van der Waals surface area contributed by atoms with E-state index in [9.17, 15) is 4.39 Å². The Morgan fingerprint density at radius 3 is 2.74 bits per heavy atom. The molecule has 106 valence electrons. The Balaban J connectivity index is 0.00000180. The molecule has 0 amide bonds. The molecule has 0 radical (unpaired) electrons. The van der Waals surface area contributed by atoms with Crippen LogP contribution in [0, 0.1) is 5.82 Å². The number of benzene rings is 1. The summed E-state index contributed by atoms with van der Waals surface area (Å²) in [5, 5.41) is 9.07. The molecule has 0 bridgehead atoms. The molecular weight excluding hydrogens is 364 g/mol. The molecule has 0 saturated carbocycles. The van der Waals surface area contributed by atoms with Crippen LogP contribution in [0.1, 0.15) is 5.56 Å². The second kappa shape index (κ2) is 7.49. The first-order chi connectivity index (χ1) is 8.66. The van der Waals surface area contributed by atoms with E-state index >= 15 is 0 Å². The van der Waals surface area contributed by atoms with Crippen molar-refractivity contribution in [1.29, 1.82) is 0 Å². The number of ether oxygens (including phenoxy) is 1. The maximum absolute atomic E-state index is 13.1. The van der Waals surface area contributed by atoms with Gasteiger partial charge in [0.15, 0.2) is 17.5 Å². The van der Waals surface area contributed by atoms with Gasteiger partial charge in [-0.3, -0.25) is 0 Å². The summed E-state index contributed by atoms with van der Waals surface area (Å²) in [6.45, 7) is 3.02. The molecule has 1 heterocycles. The van der Waals surface area contributed by atoms with Gasteiger partial charge in [-0.05, 0) is 17.7 Å². The van der Waals surface area contributed by atoms with Gasteiger partial charge in [-0.2, -0.15) is 0 Å². The summed E-state index contributed by atoms with van der Waals surface area (Å²) in [6, 6.07) is 4.19. The number of phenols is 1. The van der Waals surface area contributed by atoms with Gasteiger partial charge in [0.1, 0.15) is 0 Å². The van der Waals surface area contributed by atoms with Crippen molar-refractivity contribution in [3.05, 3.63) is 29.6 Å². The average Bonchev–Trinajstić information content (AvgIpc) is 2.41. The van der Waals surface area contributed by atoms with E-state index < -0.39 is 5.82 Å². The highest BCUT2D eigenvalue weighted by Gasteiger charge is 2.11. The highest BCUT2D eigenvalue weighted by molar-refractivity contribution is 14.0. The molecule has 19 heavy (non-hydrogen) atoms. The lowest BCUT2D eigenvalue weighted by Crippen LogP contribution is -2.44. The monoisotopic (exact) mass is 381 g/mol. The fourth-order valence-corrected chi connectivity index (χ4v) is 1.71. The Kier molecular flexibility index (Phi) is 6.29. The van der Waals surface area contributed by atoms with E-state index in [1.807, 2.05) is 4.90 Å². The molecule has 0 unspecified atom stereocenters.